The van der Waals surface area contributed by atoms with Crippen LogP contribution in [0.1, 0.15) is 44.9 Å². The van der Waals surface area contributed by atoms with Crippen molar-refractivity contribution in [2.75, 3.05) is 26.2 Å². The van der Waals surface area contributed by atoms with Gasteiger partial charge in [-0.05, 0) is 75.9 Å². The van der Waals surface area contributed by atoms with E-state index < -0.39 is 0 Å². The topological polar surface area (TPSA) is 58.4 Å². The van der Waals surface area contributed by atoms with E-state index >= 15 is 0 Å². The molecule has 4 rings (SSSR count). The Morgan fingerprint density at radius 3 is 2.25 bits per heavy atom. The lowest BCUT2D eigenvalue weighted by molar-refractivity contribution is -0.124. The van der Waals surface area contributed by atoms with Gasteiger partial charge in [0.15, 0.2) is 0 Å². The molecule has 3 aliphatic heterocycles. The lowest BCUT2D eigenvalue weighted by Crippen LogP contribution is -2.57. The number of nitrogens with zero attached hydrogens (tertiary/aromatic N) is 1. The maximum absolute atomic E-state index is 12.3. The molecular formula is C16H29N3O. The Morgan fingerprint density at radius 1 is 1.05 bits per heavy atom. The zero-order valence-electron chi connectivity index (χ0n) is 12.5. The first-order valence-corrected chi connectivity index (χ1v) is 8.46. The number of hydrogen-bond acceptors (Lipinski definition) is 3. The summed E-state index contributed by atoms with van der Waals surface area (Å²) in [4.78, 5) is 14.7. The molecule has 4 heteroatoms. The molecule has 0 spiro atoms. The number of amides is 1. The zero-order valence-corrected chi connectivity index (χ0v) is 12.5. The van der Waals surface area contributed by atoms with Crippen molar-refractivity contribution in [1.29, 1.82) is 0 Å². The molecule has 2 bridgehead atoms. The number of carbonyl (C=O) groups excluding carboxylic acids is 1. The van der Waals surface area contributed by atoms with Crippen molar-refractivity contribution >= 4 is 5.91 Å². The Balaban J connectivity index is 1.41. The van der Waals surface area contributed by atoms with Crippen molar-refractivity contribution in [1.82, 2.24) is 10.2 Å². The minimum absolute atomic E-state index is 0.292. The summed E-state index contributed by atoms with van der Waals surface area (Å²) in [5.41, 5.74) is 5.72. The third-order valence-corrected chi connectivity index (χ3v) is 5.78. The van der Waals surface area contributed by atoms with Crippen molar-refractivity contribution in [2.24, 2.45) is 23.5 Å². The number of nitrogens with two attached hydrogens (primary N) is 1. The van der Waals surface area contributed by atoms with Gasteiger partial charge >= 0.3 is 0 Å². The summed E-state index contributed by atoms with van der Waals surface area (Å²) in [6.45, 7) is 4.37. The highest BCUT2D eigenvalue weighted by Gasteiger charge is 2.35. The SMILES string of the molecule is NCC1CCC(CC(=O)NC2CN3CCC2CC3)CC1. The molecule has 1 unspecified atom stereocenters. The first-order chi connectivity index (χ1) is 9.74. The summed E-state index contributed by atoms with van der Waals surface area (Å²) in [7, 11) is 0. The Bertz CT molecular complexity index is 331. The van der Waals surface area contributed by atoms with Crippen LogP contribution in [0.2, 0.25) is 0 Å². The van der Waals surface area contributed by atoms with E-state index in [1.165, 1.54) is 51.6 Å². The molecule has 4 fully saturated rings. The third-order valence-electron chi connectivity index (χ3n) is 5.78. The molecule has 0 aromatic rings. The maximum atomic E-state index is 12.3. The summed E-state index contributed by atoms with van der Waals surface area (Å²) < 4.78 is 0. The molecule has 3 heterocycles. The van der Waals surface area contributed by atoms with E-state index in [1.807, 2.05) is 0 Å². The minimum atomic E-state index is 0.292. The van der Waals surface area contributed by atoms with E-state index in [1.54, 1.807) is 0 Å². The predicted octanol–water partition coefficient (Wildman–Crippen LogP) is 1.35. The number of carbonyl (C=O) groups is 1. The van der Waals surface area contributed by atoms with Gasteiger partial charge in [-0.3, -0.25) is 4.79 Å². The monoisotopic (exact) mass is 279 g/mol. The molecule has 0 aromatic carbocycles. The summed E-state index contributed by atoms with van der Waals surface area (Å²) >= 11 is 0. The van der Waals surface area contributed by atoms with Crippen LogP contribution in [-0.4, -0.2) is 43.0 Å². The number of nitrogens with one attached hydrogen (secondary N) is 1. The molecule has 0 aromatic heterocycles. The zero-order chi connectivity index (χ0) is 13.9. The van der Waals surface area contributed by atoms with E-state index in [4.69, 9.17) is 5.73 Å². The Labute approximate surface area is 122 Å². The molecule has 4 aliphatic rings. The van der Waals surface area contributed by atoms with Gasteiger partial charge in [-0.2, -0.15) is 0 Å². The molecule has 1 saturated carbocycles. The van der Waals surface area contributed by atoms with E-state index in [-0.39, 0.29) is 0 Å². The number of hydrogen-bond donors (Lipinski definition) is 2. The number of fused-ring (bicyclic) bond motifs is 3. The van der Waals surface area contributed by atoms with Crippen molar-refractivity contribution in [3.8, 4) is 0 Å². The highest BCUT2D eigenvalue weighted by atomic mass is 16.1. The highest BCUT2D eigenvalue weighted by Crippen LogP contribution is 2.31. The summed E-state index contributed by atoms with van der Waals surface area (Å²) in [6.07, 6.45) is 8.09. The fraction of sp³-hybridized carbons (Fsp3) is 0.938. The number of rotatable bonds is 4. The standard InChI is InChI=1S/C16H29N3O/c17-10-13-3-1-12(2-4-13)9-16(20)18-15-11-19-7-5-14(15)6-8-19/h12-15H,1-11,17H2,(H,18,20). The predicted molar refractivity (Wildman–Crippen MR) is 80.2 cm³/mol. The van der Waals surface area contributed by atoms with Gasteiger partial charge in [0.25, 0.3) is 0 Å². The average molecular weight is 279 g/mol. The van der Waals surface area contributed by atoms with Gasteiger partial charge in [0.2, 0.25) is 5.91 Å². The average Bonchev–Trinajstić information content (AvgIpc) is 2.49. The van der Waals surface area contributed by atoms with Crippen LogP contribution in [0.4, 0.5) is 0 Å². The number of piperidine rings is 3. The van der Waals surface area contributed by atoms with Crippen LogP contribution in [0.3, 0.4) is 0 Å². The summed E-state index contributed by atoms with van der Waals surface area (Å²) in [5, 5.41) is 3.32. The van der Waals surface area contributed by atoms with Crippen LogP contribution in [0.25, 0.3) is 0 Å². The van der Waals surface area contributed by atoms with Gasteiger partial charge in [-0.15, -0.1) is 0 Å². The fourth-order valence-corrected chi connectivity index (χ4v) is 4.33. The van der Waals surface area contributed by atoms with E-state index in [0.29, 0.717) is 23.8 Å². The van der Waals surface area contributed by atoms with Crippen LogP contribution in [0.15, 0.2) is 0 Å². The van der Waals surface area contributed by atoms with Gasteiger partial charge in [0, 0.05) is 19.0 Å². The second-order valence-corrected chi connectivity index (χ2v) is 7.14. The van der Waals surface area contributed by atoms with Crippen molar-refractivity contribution in [3.05, 3.63) is 0 Å². The molecule has 3 saturated heterocycles. The molecule has 1 amide bonds. The highest BCUT2D eigenvalue weighted by molar-refractivity contribution is 5.76. The van der Waals surface area contributed by atoms with Gasteiger partial charge < -0.3 is 16.0 Å². The van der Waals surface area contributed by atoms with Crippen molar-refractivity contribution < 1.29 is 4.79 Å². The summed E-state index contributed by atoms with van der Waals surface area (Å²) in [6, 6.07) is 0.422. The quantitative estimate of drug-likeness (QED) is 0.817. The molecular weight excluding hydrogens is 250 g/mol. The molecule has 1 aliphatic carbocycles. The van der Waals surface area contributed by atoms with Gasteiger partial charge in [0.1, 0.15) is 0 Å². The Hall–Kier alpha value is -0.610. The van der Waals surface area contributed by atoms with Crippen LogP contribution in [-0.2, 0) is 4.79 Å². The van der Waals surface area contributed by atoms with E-state index in [0.717, 1.165) is 25.4 Å². The third kappa shape index (κ3) is 3.34. The fourth-order valence-electron chi connectivity index (χ4n) is 4.33. The van der Waals surface area contributed by atoms with Crippen LogP contribution in [0.5, 0.6) is 0 Å². The van der Waals surface area contributed by atoms with E-state index in [9.17, 15) is 4.79 Å². The molecule has 20 heavy (non-hydrogen) atoms. The van der Waals surface area contributed by atoms with Crippen molar-refractivity contribution in [2.45, 2.75) is 51.0 Å². The smallest absolute Gasteiger partial charge is 0.220 e. The Morgan fingerprint density at radius 2 is 1.70 bits per heavy atom. The summed E-state index contributed by atoms with van der Waals surface area (Å²) in [5.74, 6) is 2.33. The normalized spacial score (nSPS) is 40.5. The Kier molecular flexibility index (Phi) is 4.61. The second kappa shape index (κ2) is 6.44. The van der Waals surface area contributed by atoms with Crippen LogP contribution >= 0.6 is 0 Å². The maximum Gasteiger partial charge on any atom is 0.220 e. The lowest BCUT2D eigenvalue weighted by atomic mass is 9.80. The first-order valence-electron chi connectivity index (χ1n) is 8.46. The van der Waals surface area contributed by atoms with Crippen LogP contribution in [0, 0.1) is 17.8 Å². The second-order valence-electron chi connectivity index (χ2n) is 7.14. The van der Waals surface area contributed by atoms with Crippen molar-refractivity contribution in [3.63, 3.8) is 0 Å². The largest absolute Gasteiger partial charge is 0.352 e. The van der Waals surface area contributed by atoms with Gasteiger partial charge in [0.05, 0.1) is 0 Å². The first kappa shape index (κ1) is 14.3. The molecule has 1 atom stereocenters. The molecule has 4 nitrogen and oxygen atoms in total. The lowest BCUT2D eigenvalue weighted by Gasteiger charge is -2.45. The van der Waals surface area contributed by atoms with Crippen LogP contribution < -0.4 is 11.1 Å². The molecule has 114 valence electrons. The molecule has 0 radical (unpaired) electrons. The molecule has 3 N–H and O–H groups in total. The minimum Gasteiger partial charge on any atom is -0.352 e. The van der Waals surface area contributed by atoms with Gasteiger partial charge in [-0.25, -0.2) is 0 Å². The van der Waals surface area contributed by atoms with Gasteiger partial charge in [-0.1, -0.05) is 0 Å². The van der Waals surface area contributed by atoms with E-state index in [2.05, 4.69) is 10.2 Å².